The minimum Gasteiger partial charge on any atom is -0.381 e. The Morgan fingerprint density at radius 2 is 2.04 bits per heavy atom. The highest BCUT2D eigenvalue weighted by Gasteiger charge is 2.24. The number of hydrogen-bond acceptors (Lipinski definition) is 4. The van der Waals surface area contributed by atoms with Crippen LogP contribution < -0.4 is 10.6 Å². The van der Waals surface area contributed by atoms with Crippen molar-refractivity contribution in [1.82, 2.24) is 20.4 Å². The van der Waals surface area contributed by atoms with Gasteiger partial charge in [0.15, 0.2) is 5.96 Å². The molecule has 1 amide bonds. The zero-order valence-electron chi connectivity index (χ0n) is 17.0. The van der Waals surface area contributed by atoms with Crippen molar-refractivity contribution in [3.63, 3.8) is 0 Å². The first-order valence-corrected chi connectivity index (χ1v) is 10.1. The Morgan fingerprint density at radius 3 is 2.62 bits per heavy atom. The molecule has 2 fully saturated rings. The molecule has 2 rings (SSSR count). The fourth-order valence-electron chi connectivity index (χ4n) is 3.30. The van der Waals surface area contributed by atoms with Gasteiger partial charge in [0.1, 0.15) is 6.54 Å². The van der Waals surface area contributed by atoms with E-state index in [0.717, 1.165) is 58.1 Å². The maximum absolute atomic E-state index is 11.8. The Bertz CT molecular complexity index is 455. The summed E-state index contributed by atoms with van der Waals surface area (Å²) >= 11 is 0. The number of aliphatic imine (C=N–C) groups is 1. The molecule has 0 radical (unpaired) electrons. The first-order chi connectivity index (χ1) is 12.5. The molecule has 0 aromatic carbocycles. The summed E-state index contributed by atoms with van der Waals surface area (Å²) in [4.78, 5) is 20.5. The molecule has 150 valence electrons. The summed E-state index contributed by atoms with van der Waals surface area (Å²) in [6.45, 7) is 9.70. The largest absolute Gasteiger partial charge is 0.381 e. The number of nitrogens with zero attached hydrogens (tertiary/aromatic N) is 3. The smallest absolute Gasteiger partial charge is 0.243 e. The minimum atomic E-state index is 0.0175. The van der Waals surface area contributed by atoms with E-state index in [9.17, 15) is 4.79 Å². The molecule has 0 aromatic rings. The van der Waals surface area contributed by atoms with E-state index in [1.807, 2.05) is 0 Å². The molecular weight excluding hydrogens is 330 g/mol. The Labute approximate surface area is 158 Å². The maximum Gasteiger partial charge on any atom is 0.243 e. The molecular formula is C19H37N5O2. The highest BCUT2D eigenvalue weighted by atomic mass is 16.5. The fraction of sp³-hybridized carbons (Fsp3) is 0.895. The lowest BCUT2D eigenvalue weighted by atomic mass is 10.0. The predicted octanol–water partition coefficient (Wildman–Crippen LogP) is 0.909. The minimum absolute atomic E-state index is 0.0175. The standard InChI is InChI=1S/C19H37N5O2/c1-5-15(2)21-19(20-12-18(25)23(3)4)22-17-6-9-24(10-7-17)13-16-8-11-26-14-16/h15-17H,5-14H2,1-4H3,(H2,20,21,22). The average Bonchev–Trinajstić information content (AvgIpc) is 3.13. The number of amides is 1. The monoisotopic (exact) mass is 367 g/mol. The summed E-state index contributed by atoms with van der Waals surface area (Å²) in [6, 6.07) is 0.744. The first-order valence-electron chi connectivity index (χ1n) is 10.1. The highest BCUT2D eigenvalue weighted by Crippen LogP contribution is 2.17. The van der Waals surface area contributed by atoms with Crippen LogP contribution in [0.3, 0.4) is 0 Å². The van der Waals surface area contributed by atoms with Crippen LogP contribution in [0.2, 0.25) is 0 Å². The van der Waals surface area contributed by atoms with Gasteiger partial charge in [0.05, 0.1) is 6.61 Å². The number of ether oxygens (including phenoxy) is 1. The van der Waals surface area contributed by atoms with Crippen LogP contribution >= 0.6 is 0 Å². The highest BCUT2D eigenvalue weighted by molar-refractivity contribution is 5.85. The molecule has 0 aliphatic carbocycles. The number of nitrogens with one attached hydrogen (secondary N) is 2. The second-order valence-electron chi connectivity index (χ2n) is 7.86. The SMILES string of the molecule is CCC(C)NC(=NCC(=O)N(C)C)NC1CCN(CC2CCOC2)CC1. The molecule has 0 spiro atoms. The van der Waals surface area contributed by atoms with Gasteiger partial charge in [-0.3, -0.25) is 4.79 Å². The van der Waals surface area contributed by atoms with E-state index in [1.165, 1.54) is 6.42 Å². The van der Waals surface area contributed by atoms with Gasteiger partial charge in [-0.25, -0.2) is 4.99 Å². The lowest BCUT2D eigenvalue weighted by molar-refractivity contribution is -0.127. The molecule has 2 N–H and O–H groups in total. The van der Waals surface area contributed by atoms with Crippen LogP contribution in [0.1, 0.15) is 39.5 Å². The van der Waals surface area contributed by atoms with Gasteiger partial charge in [-0.2, -0.15) is 0 Å². The molecule has 2 saturated heterocycles. The zero-order valence-corrected chi connectivity index (χ0v) is 17.0. The summed E-state index contributed by atoms with van der Waals surface area (Å²) in [5, 5.41) is 6.96. The number of guanidine groups is 1. The van der Waals surface area contributed by atoms with Crippen LogP contribution in [0.5, 0.6) is 0 Å². The van der Waals surface area contributed by atoms with Gasteiger partial charge in [-0.15, -0.1) is 0 Å². The lowest BCUT2D eigenvalue weighted by Gasteiger charge is -2.34. The van der Waals surface area contributed by atoms with Crippen LogP contribution in [-0.2, 0) is 9.53 Å². The van der Waals surface area contributed by atoms with E-state index in [1.54, 1.807) is 19.0 Å². The number of hydrogen-bond donors (Lipinski definition) is 2. The molecule has 0 aromatic heterocycles. The predicted molar refractivity (Wildman–Crippen MR) is 105 cm³/mol. The third-order valence-electron chi connectivity index (χ3n) is 5.34. The summed E-state index contributed by atoms with van der Waals surface area (Å²) in [6.07, 6.45) is 4.44. The van der Waals surface area contributed by atoms with E-state index in [-0.39, 0.29) is 12.5 Å². The van der Waals surface area contributed by atoms with Crippen molar-refractivity contribution in [1.29, 1.82) is 0 Å². The van der Waals surface area contributed by atoms with Gasteiger partial charge in [0, 0.05) is 52.4 Å². The van der Waals surface area contributed by atoms with Gasteiger partial charge in [0.25, 0.3) is 0 Å². The van der Waals surface area contributed by atoms with Crippen LogP contribution in [0.25, 0.3) is 0 Å². The quantitative estimate of drug-likeness (QED) is 0.517. The van der Waals surface area contributed by atoms with Crippen LogP contribution in [0.4, 0.5) is 0 Å². The van der Waals surface area contributed by atoms with Gasteiger partial charge in [0.2, 0.25) is 5.91 Å². The zero-order chi connectivity index (χ0) is 18.9. The third-order valence-corrected chi connectivity index (χ3v) is 5.34. The molecule has 0 saturated carbocycles. The van der Waals surface area contributed by atoms with Crippen molar-refractivity contribution < 1.29 is 9.53 Å². The summed E-state index contributed by atoms with van der Waals surface area (Å²) < 4.78 is 5.49. The molecule has 2 heterocycles. The van der Waals surface area contributed by atoms with E-state index in [2.05, 4.69) is 34.4 Å². The van der Waals surface area contributed by atoms with Crippen molar-refractivity contribution >= 4 is 11.9 Å². The van der Waals surface area contributed by atoms with Crippen molar-refractivity contribution in [2.45, 2.75) is 51.6 Å². The summed E-state index contributed by atoms with van der Waals surface area (Å²) in [5.41, 5.74) is 0. The molecule has 2 atom stereocenters. The van der Waals surface area contributed by atoms with Crippen LogP contribution in [0, 0.1) is 5.92 Å². The summed E-state index contributed by atoms with van der Waals surface area (Å²) in [7, 11) is 3.52. The molecule has 2 aliphatic rings. The molecule has 0 bridgehead atoms. The molecule has 2 unspecified atom stereocenters. The Kier molecular flexibility index (Phi) is 8.65. The van der Waals surface area contributed by atoms with Gasteiger partial charge < -0.3 is 25.2 Å². The van der Waals surface area contributed by atoms with E-state index < -0.39 is 0 Å². The van der Waals surface area contributed by atoms with E-state index in [0.29, 0.717) is 18.0 Å². The molecule has 7 nitrogen and oxygen atoms in total. The molecule has 26 heavy (non-hydrogen) atoms. The number of piperidine rings is 1. The molecule has 2 aliphatic heterocycles. The second-order valence-corrected chi connectivity index (χ2v) is 7.86. The first kappa shape index (κ1) is 21.0. The van der Waals surface area contributed by atoms with Crippen molar-refractivity contribution in [3.8, 4) is 0 Å². The number of carbonyl (C=O) groups excluding carboxylic acids is 1. The van der Waals surface area contributed by atoms with E-state index in [4.69, 9.17) is 4.74 Å². The van der Waals surface area contributed by atoms with Crippen molar-refractivity contribution in [3.05, 3.63) is 0 Å². The number of likely N-dealkylation sites (N-methyl/N-ethyl adjacent to an activating group) is 1. The van der Waals surface area contributed by atoms with Crippen molar-refractivity contribution in [2.24, 2.45) is 10.9 Å². The van der Waals surface area contributed by atoms with Gasteiger partial charge in [-0.05, 0) is 38.5 Å². The normalized spacial score (nSPS) is 23.7. The lowest BCUT2D eigenvalue weighted by Crippen LogP contribution is -2.51. The Morgan fingerprint density at radius 1 is 1.31 bits per heavy atom. The topological polar surface area (TPSA) is 69.2 Å². The van der Waals surface area contributed by atoms with E-state index >= 15 is 0 Å². The van der Waals surface area contributed by atoms with Gasteiger partial charge >= 0.3 is 0 Å². The number of rotatable bonds is 7. The maximum atomic E-state index is 11.8. The van der Waals surface area contributed by atoms with Crippen LogP contribution in [0.15, 0.2) is 4.99 Å². The van der Waals surface area contributed by atoms with Gasteiger partial charge in [-0.1, -0.05) is 6.92 Å². The van der Waals surface area contributed by atoms with Crippen LogP contribution in [-0.4, -0.2) is 87.2 Å². The number of carbonyl (C=O) groups is 1. The van der Waals surface area contributed by atoms with Crippen molar-refractivity contribution in [2.75, 3.05) is 53.5 Å². The number of likely N-dealkylation sites (tertiary alicyclic amines) is 1. The summed E-state index contributed by atoms with van der Waals surface area (Å²) in [5.74, 6) is 1.49. The Hall–Kier alpha value is -1.34. The second kappa shape index (κ2) is 10.7. The third kappa shape index (κ3) is 7.11. The molecule has 7 heteroatoms. The Balaban J connectivity index is 1.81. The average molecular weight is 368 g/mol. The fourth-order valence-corrected chi connectivity index (χ4v) is 3.30.